The fourth-order valence-electron chi connectivity index (χ4n) is 3.32. The molecule has 0 spiro atoms. The van der Waals surface area contributed by atoms with E-state index in [0.29, 0.717) is 33.7 Å². The number of hydrogen-bond donors (Lipinski definition) is 1. The van der Waals surface area contributed by atoms with Gasteiger partial charge in [0.25, 0.3) is 11.6 Å². The van der Waals surface area contributed by atoms with E-state index in [1.54, 1.807) is 18.2 Å². The molecule has 162 valence electrons. The number of carbonyl (C=O) groups is 1. The summed E-state index contributed by atoms with van der Waals surface area (Å²) in [7, 11) is 0. The number of halogens is 1. The third-order valence-corrected chi connectivity index (χ3v) is 5.70. The van der Waals surface area contributed by atoms with Crippen LogP contribution in [0.1, 0.15) is 42.1 Å². The first kappa shape index (κ1) is 21.5. The normalized spacial score (nSPS) is 12.0. The number of carbonyl (C=O) groups excluding carboxylic acids is 1. The largest absolute Gasteiger partial charge is 0.436 e. The number of anilines is 1. The molecule has 8 heteroatoms. The summed E-state index contributed by atoms with van der Waals surface area (Å²) in [5.74, 6) is 0.318. The topological polar surface area (TPSA) is 98.3 Å². The van der Waals surface area contributed by atoms with E-state index in [2.05, 4.69) is 24.1 Å². The smallest absolute Gasteiger partial charge is 0.270 e. The van der Waals surface area contributed by atoms with Crippen LogP contribution in [0, 0.1) is 10.1 Å². The Morgan fingerprint density at radius 1 is 1.19 bits per heavy atom. The number of aromatic nitrogens is 1. The molecule has 0 radical (unpaired) electrons. The highest BCUT2D eigenvalue weighted by Gasteiger charge is 2.16. The van der Waals surface area contributed by atoms with Crippen LogP contribution in [0.15, 0.2) is 65.1 Å². The lowest BCUT2D eigenvalue weighted by atomic mass is 9.98. The van der Waals surface area contributed by atoms with E-state index in [1.807, 2.05) is 18.2 Å². The van der Waals surface area contributed by atoms with Crippen molar-refractivity contribution in [3.63, 3.8) is 0 Å². The minimum absolute atomic E-state index is 0.153. The zero-order chi connectivity index (χ0) is 22.8. The first-order valence-electron chi connectivity index (χ1n) is 10.1. The zero-order valence-corrected chi connectivity index (χ0v) is 18.2. The Hall–Kier alpha value is -3.71. The van der Waals surface area contributed by atoms with E-state index < -0.39 is 10.8 Å². The van der Waals surface area contributed by atoms with Crippen molar-refractivity contribution in [2.75, 3.05) is 5.32 Å². The average molecular weight is 450 g/mol. The van der Waals surface area contributed by atoms with E-state index >= 15 is 0 Å². The molecule has 0 saturated heterocycles. The van der Waals surface area contributed by atoms with Crippen molar-refractivity contribution in [1.29, 1.82) is 0 Å². The lowest BCUT2D eigenvalue weighted by Gasteiger charge is -2.08. The van der Waals surface area contributed by atoms with Crippen molar-refractivity contribution in [2.24, 2.45) is 0 Å². The van der Waals surface area contributed by atoms with Gasteiger partial charge < -0.3 is 9.73 Å². The maximum Gasteiger partial charge on any atom is 0.270 e. The molecule has 1 N–H and O–H groups in total. The number of benzene rings is 3. The molecule has 0 fully saturated rings. The highest BCUT2D eigenvalue weighted by Crippen LogP contribution is 2.32. The summed E-state index contributed by atoms with van der Waals surface area (Å²) in [6, 6.07) is 16.5. The van der Waals surface area contributed by atoms with E-state index in [-0.39, 0.29) is 11.3 Å². The van der Waals surface area contributed by atoms with Gasteiger partial charge in [-0.15, -0.1) is 0 Å². The molecular formula is C24H20ClN3O4. The first-order valence-corrected chi connectivity index (χ1v) is 10.5. The molecule has 7 nitrogen and oxygen atoms in total. The molecule has 0 bridgehead atoms. The quantitative estimate of drug-likeness (QED) is 0.257. The van der Waals surface area contributed by atoms with Crippen molar-refractivity contribution >= 4 is 40.0 Å². The number of hydrogen-bond acceptors (Lipinski definition) is 5. The number of nitrogens with zero attached hydrogens (tertiary/aromatic N) is 2. The number of non-ortho nitro benzene ring substituents is 1. The Kier molecular flexibility index (Phi) is 5.92. The van der Waals surface area contributed by atoms with Crippen molar-refractivity contribution in [3.05, 3.63) is 86.9 Å². The summed E-state index contributed by atoms with van der Waals surface area (Å²) < 4.78 is 5.91. The van der Waals surface area contributed by atoms with Gasteiger partial charge in [-0.3, -0.25) is 14.9 Å². The van der Waals surface area contributed by atoms with Crippen molar-refractivity contribution < 1.29 is 14.1 Å². The van der Waals surface area contributed by atoms with Crippen LogP contribution in [0.2, 0.25) is 5.02 Å². The fraction of sp³-hybridized carbons (Fsp3) is 0.167. The summed E-state index contributed by atoms with van der Waals surface area (Å²) in [6.45, 7) is 4.30. The Morgan fingerprint density at radius 2 is 2.00 bits per heavy atom. The van der Waals surface area contributed by atoms with Gasteiger partial charge >= 0.3 is 0 Å². The molecular weight excluding hydrogens is 430 g/mol. The molecule has 0 aliphatic carbocycles. The molecule has 0 saturated carbocycles. The van der Waals surface area contributed by atoms with Crippen LogP contribution in [0.3, 0.4) is 0 Å². The Morgan fingerprint density at radius 3 is 2.75 bits per heavy atom. The van der Waals surface area contributed by atoms with E-state index in [4.69, 9.17) is 16.0 Å². The maximum atomic E-state index is 12.6. The maximum absolute atomic E-state index is 12.6. The number of nitro benzene ring substituents is 1. The molecule has 1 heterocycles. The molecule has 0 aliphatic rings. The number of fused-ring (bicyclic) bond motifs is 1. The summed E-state index contributed by atoms with van der Waals surface area (Å²) in [5.41, 5.74) is 3.61. The monoisotopic (exact) mass is 449 g/mol. The van der Waals surface area contributed by atoms with Gasteiger partial charge in [-0.2, -0.15) is 0 Å². The molecule has 3 aromatic carbocycles. The molecule has 1 atom stereocenters. The number of amides is 1. The van der Waals surface area contributed by atoms with Crippen molar-refractivity contribution in [3.8, 4) is 11.5 Å². The van der Waals surface area contributed by atoms with Gasteiger partial charge in [0.05, 0.1) is 15.6 Å². The second-order valence-corrected chi connectivity index (χ2v) is 7.92. The van der Waals surface area contributed by atoms with E-state index in [1.165, 1.54) is 29.8 Å². The highest BCUT2D eigenvalue weighted by atomic mass is 35.5. The Bertz CT molecular complexity index is 1330. The van der Waals surface area contributed by atoms with Crippen molar-refractivity contribution in [1.82, 2.24) is 4.98 Å². The summed E-state index contributed by atoms with van der Waals surface area (Å²) in [6.07, 6.45) is 1.03. The minimum Gasteiger partial charge on any atom is -0.436 e. The molecule has 0 unspecified atom stereocenters. The van der Waals surface area contributed by atoms with Gasteiger partial charge in [0.1, 0.15) is 5.52 Å². The van der Waals surface area contributed by atoms with Crippen molar-refractivity contribution in [2.45, 2.75) is 26.2 Å². The standard InChI is InChI=1S/C24H20ClN3O4/c1-3-14(2)15-8-10-22-21(12-15)27-24(32-22)17-7-9-19(25)20(13-17)26-23(29)16-5-4-6-18(11-16)28(30)31/h4-14H,3H2,1-2H3,(H,26,29)/t14-/m0/s1. The minimum atomic E-state index is -0.551. The van der Waals surface area contributed by atoms with Gasteiger partial charge in [-0.25, -0.2) is 4.98 Å². The van der Waals surface area contributed by atoms with Crippen LogP contribution in [-0.4, -0.2) is 15.8 Å². The van der Waals surface area contributed by atoms with E-state index in [9.17, 15) is 14.9 Å². The third kappa shape index (κ3) is 4.33. The van der Waals surface area contributed by atoms with Gasteiger partial charge in [0, 0.05) is 23.3 Å². The molecule has 1 aromatic heterocycles. The van der Waals surface area contributed by atoms with Crippen LogP contribution in [-0.2, 0) is 0 Å². The lowest BCUT2D eigenvalue weighted by Crippen LogP contribution is -2.12. The second-order valence-electron chi connectivity index (χ2n) is 7.51. The van der Waals surface area contributed by atoms with Gasteiger partial charge in [0.15, 0.2) is 5.58 Å². The number of nitro groups is 1. The van der Waals surface area contributed by atoms with Crippen LogP contribution < -0.4 is 5.32 Å². The summed E-state index contributed by atoms with van der Waals surface area (Å²) in [5, 5.41) is 14.0. The van der Waals surface area contributed by atoms with Gasteiger partial charge in [-0.1, -0.05) is 37.6 Å². The predicted octanol–water partition coefficient (Wildman–Crippen LogP) is 6.82. The van der Waals surface area contributed by atoms with E-state index in [0.717, 1.165) is 11.9 Å². The van der Waals surface area contributed by atoms with Crippen LogP contribution in [0.25, 0.3) is 22.6 Å². The average Bonchev–Trinajstić information content (AvgIpc) is 3.23. The number of oxazole rings is 1. The summed E-state index contributed by atoms with van der Waals surface area (Å²) >= 11 is 6.27. The van der Waals surface area contributed by atoms with Crippen LogP contribution >= 0.6 is 11.6 Å². The lowest BCUT2D eigenvalue weighted by molar-refractivity contribution is -0.384. The number of nitrogens with one attached hydrogen (secondary N) is 1. The van der Waals surface area contributed by atoms with Crippen LogP contribution in [0.5, 0.6) is 0 Å². The highest BCUT2D eigenvalue weighted by molar-refractivity contribution is 6.34. The molecule has 1 amide bonds. The molecule has 32 heavy (non-hydrogen) atoms. The molecule has 0 aliphatic heterocycles. The number of rotatable bonds is 6. The van der Waals surface area contributed by atoms with Crippen LogP contribution in [0.4, 0.5) is 11.4 Å². The third-order valence-electron chi connectivity index (χ3n) is 5.37. The Labute approximate surface area is 189 Å². The zero-order valence-electron chi connectivity index (χ0n) is 17.5. The predicted molar refractivity (Wildman–Crippen MR) is 124 cm³/mol. The SMILES string of the molecule is CC[C@H](C)c1ccc2oc(-c3ccc(Cl)c(NC(=O)c4cccc([N+](=O)[O-])c4)c3)nc2c1. The molecule has 4 aromatic rings. The fourth-order valence-corrected chi connectivity index (χ4v) is 3.48. The second kappa shape index (κ2) is 8.80. The first-order chi connectivity index (χ1) is 15.4. The summed E-state index contributed by atoms with van der Waals surface area (Å²) in [4.78, 5) is 27.7. The van der Waals surface area contributed by atoms with Gasteiger partial charge in [-0.05, 0) is 54.3 Å². The van der Waals surface area contributed by atoms with Gasteiger partial charge in [0.2, 0.25) is 5.89 Å². The molecule has 4 rings (SSSR count). The Balaban J connectivity index is 1.63.